The van der Waals surface area contributed by atoms with E-state index in [1.807, 2.05) is 0 Å². The van der Waals surface area contributed by atoms with E-state index in [0.29, 0.717) is 24.6 Å². The van der Waals surface area contributed by atoms with Gasteiger partial charge in [-0.15, -0.1) is 0 Å². The standard InChI is InChI=1S/C14H20F2N2O/c15-11-7-10(8-12(16)9-11)14(17)3-4-18(5-6-19)13-1-2-13/h7-9,13-14,19H,1-6,17H2. The molecule has 19 heavy (non-hydrogen) atoms. The van der Waals surface area contributed by atoms with E-state index in [1.165, 1.54) is 12.1 Å². The van der Waals surface area contributed by atoms with Gasteiger partial charge in [0.2, 0.25) is 0 Å². The van der Waals surface area contributed by atoms with Gasteiger partial charge in [0.15, 0.2) is 0 Å². The Bertz CT molecular complexity index is 404. The minimum Gasteiger partial charge on any atom is -0.395 e. The van der Waals surface area contributed by atoms with Gasteiger partial charge in [-0.1, -0.05) is 0 Å². The molecule has 106 valence electrons. The lowest BCUT2D eigenvalue weighted by Gasteiger charge is -2.23. The fourth-order valence-electron chi connectivity index (χ4n) is 2.31. The van der Waals surface area contributed by atoms with E-state index in [4.69, 9.17) is 10.8 Å². The first-order chi connectivity index (χ1) is 9.10. The number of hydrogen-bond donors (Lipinski definition) is 2. The number of halogens is 2. The van der Waals surface area contributed by atoms with Gasteiger partial charge in [0.05, 0.1) is 6.61 Å². The van der Waals surface area contributed by atoms with Gasteiger partial charge in [-0.2, -0.15) is 0 Å². The predicted octanol–water partition coefficient (Wildman–Crippen LogP) is 1.81. The van der Waals surface area contributed by atoms with Crippen LogP contribution in [0.2, 0.25) is 0 Å². The number of hydrogen-bond acceptors (Lipinski definition) is 3. The van der Waals surface area contributed by atoms with Crippen molar-refractivity contribution in [1.82, 2.24) is 4.90 Å². The van der Waals surface area contributed by atoms with Gasteiger partial charge < -0.3 is 10.8 Å². The third-order valence-electron chi connectivity index (χ3n) is 3.49. The summed E-state index contributed by atoms with van der Waals surface area (Å²) < 4.78 is 26.2. The maximum atomic E-state index is 13.1. The first kappa shape index (κ1) is 14.4. The van der Waals surface area contributed by atoms with E-state index >= 15 is 0 Å². The third-order valence-corrected chi connectivity index (χ3v) is 3.49. The molecule has 5 heteroatoms. The molecular weight excluding hydrogens is 250 g/mol. The number of rotatable bonds is 7. The smallest absolute Gasteiger partial charge is 0.126 e. The SMILES string of the molecule is NC(CCN(CCO)C1CC1)c1cc(F)cc(F)c1. The summed E-state index contributed by atoms with van der Waals surface area (Å²) in [6, 6.07) is 3.56. The minimum absolute atomic E-state index is 0.125. The molecule has 0 heterocycles. The molecule has 1 aromatic rings. The molecule has 1 saturated carbocycles. The highest BCUT2D eigenvalue weighted by Gasteiger charge is 2.28. The van der Waals surface area contributed by atoms with Gasteiger partial charge in [0.25, 0.3) is 0 Å². The number of nitrogens with zero attached hydrogens (tertiary/aromatic N) is 1. The van der Waals surface area contributed by atoms with Crippen LogP contribution in [0.5, 0.6) is 0 Å². The lowest BCUT2D eigenvalue weighted by molar-refractivity contribution is 0.185. The fraction of sp³-hybridized carbons (Fsp3) is 0.571. The largest absolute Gasteiger partial charge is 0.395 e. The molecule has 0 saturated heterocycles. The van der Waals surface area contributed by atoms with Crippen LogP contribution in [-0.4, -0.2) is 35.7 Å². The molecule has 0 amide bonds. The summed E-state index contributed by atoms with van der Waals surface area (Å²) in [6.45, 7) is 1.50. The topological polar surface area (TPSA) is 49.5 Å². The Morgan fingerprint density at radius 2 is 1.84 bits per heavy atom. The van der Waals surface area contributed by atoms with E-state index in [-0.39, 0.29) is 12.6 Å². The second kappa shape index (κ2) is 6.41. The normalized spacial score (nSPS) is 16.9. The molecule has 3 nitrogen and oxygen atoms in total. The summed E-state index contributed by atoms with van der Waals surface area (Å²) in [6.07, 6.45) is 2.94. The molecule has 0 aliphatic heterocycles. The molecule has 1 aromatic carbocycles. The molecule has 0 radical (unpaired) electrons. The van der Waals surface area contributed by atoms with Crippen molar-refractivity contribution in [2.24, 2.45) is 5.73 Å². The van der Waals surface area contributed by atoms with Gasteiger partial charge in [-0.05, 0) is 37.0 Å². The van der Waals surface area contributed by atoms with Gasteiger partial charge in [0.1, 0.15) is 11.6 Å². The van der Waals surface area contributed by atoms with Crippen molar-refractivity contribution < 1.29 is 13.9 Å². The summed E-state index contributed by atoms with van der Waals surface area (Å²) >= 11 is 0. The van der Waals surface area contributed by atoms with Gasteiger partial charge in [-0.25, -0.2) is 8.78 Å². The number of nitrogens with two attached hydrogens (primary N) is 1. The zero-order chi connectivity index (χ0) is 13.8. The highest BCUT2D eigenvalue weighted by atomic mass is 19.1. The Morgan fingerprint density at radius 1 is 1.21 bits per heavy atom. The van der Waals surface area contributed by atoms with Crippen molar-refractivity contribution in [1.29, 1.82) is 0 Å². The Morgan fingerprint density at radius 3 is 2.37 bits per heavy atom. The minimum atomic E-state index is -0.597. The molecule has 1 atom stereocenters. The highest BCUT2D eigenvalue weighted by Crippen LogP contribution is 2.27. The monoisotopic (exact) mass is 270 g/mol. The van der Waals surface area contributed by atoms with Crippen molar-refractivity contribution in [3.05, 3.63) is 35.4 Å². The van der Waals surface area contributed by atoms with Crippen molar-refractivity contribution in [3.8, 4) is 0 Å². The second-order valence-electron chi connectivity index (χ2n) is 5.09. The van der Waals surface area contributed by atoms with Crippen molar-refractivity contribution in [2.45, 2.75) is 31.3 Å². The zero-order valence-electron chi connectivity index (χ0n) is 10.9. The average Bonchev–Trinajstić information content (AvgIpc) is 3.17. The maximum Gasteiger partial charge on any atom is 0.126 e. The van der Waals surface area contributed by atoms with Crippen LogP contribution in [0.1, 0.15) is 30.9 Å². The molecule has 1 aliphatic rings. The summed E-state index contributed by atoms with van der Waals surface area (Å²) in [5.74, 6) is -1.19. The summed E-state index contributed by atoms with van der Waals surface area (Å²) in [5.41, 5.74) is 6.46. The Kier molecular flexibility index (Phi) is 4.85. The zero-order valence-corrected chi connectivity index (χ0v) is 10.9. The first-order valence-electron chi connectivity index (χ1n) is 6.66. The molecule has 0 spiro atoms. The van der Waals surface area contributed by atoms with E-state index in [9.17, 15) is 8.78 Å². The third kappa shape index (κ3) is 4.23. The van der Waals surface area contributed by atoms with Crippen molar-refractivity contribution in [2.75, 3.05) is 19.7 Å². The van der Waals surface area contributed by atoms with E-state index in [2.05, 4.69) is 4.90 Å². The van der Waals surface area contributed by atoms with Crippen molar-refractivity contribution >= 4 is 0 Å². The van der Waals surface area contributed by atoms with E-state index in [1.54, 1.807) is 0 Å². The van der Waals surface area contributed by atoms with Crippen LogP contribution in [0, 0.1) is 11.6 Å². The van der Waals surface area contributed by atoms with Crippen molar-refractivity contribution in [3.63, 3.8) is 0 Å². The van der Waals surface area contributed by atoms with Gasteiger partial charge in [0, 0.05) is 31.2 Å². The molecule has 3 N–H and O–H groups in total. The highest BCUT2D eigenvalue weighted by molar-refractivity contribution is 5.21. The van der Waals surface area contributed by atoms with Crippen LogP contribution < -0.4 is 5.73 Å². The number of aliphatic hydroxyl groups excluding tert-OH is 1. The predicted molar refractivity (Wildman–Crippen MR) is 69.6 cm³/mol. The van der Waals surface area contributed by atoms with Crippen LogP contribution in [0.4, 0.5) is 8.78 Å². The summed E-state index contributed by atoms with van der Waals surface area (Å²) in [4.78, 5) is 2.19. The first-order valence-corrected chi connectivity index (χ1v) is 6.66. The Hall–Kier alpha value is -1.04. The molecule has 1 unspecified atom stereocenters. The van der Waals surface area contributed by atoms with Crippen LogP contribution in [0.3, 0.4) is 0 Å². The lowest BCUT2D eigenvalue weighted by Crippen LogP contribution is -2.32. The average molecular weight is 270 g/mol. The Labute approximate surface area is 112 Å². The number of benzene rings is 1. The molecule has 0 aromatic heterocycles. The van der Waals surface area contributed by atoms with E-state index in [0.717, 1.165) is 25.5 Å². The van der Waals surface area contributed by atoms with E-state index < -0.39 is 11.6 Å². The number of aliphatic hydroxyl groups is 1. The van der Waals surface area contributed by atoms with Gasteiger partial charge in [-0.3, -0.25) is 4.90 Å². The van der Waals surface area contributed by atoms with Crippen LogP contribution in [-0.2, 0) is 0 Å². The Balaban J connectivity index is 1.90. The van der Waals surface area contributed by atoms with Crippen LogP contribution in [0.15, 0.2) is 18.2 Å². The summed E-state index contributed by atoms with van der Waals surface area (Å²) in [7, 11) is 0. The van der Waals surface area contributed by atoms with Crippen LogP contribution >= 0.6 is 0 Å². The van der Waals surface area contributed by atoms with Crippen LogP contribution in [0.25, 0.3) is 0 Å². The summed E-state index contributed by atoms with van der Waals surface area (Å²) in [5, 5.41) is 9.00. The van der Waals surface area contributed by atoms with Gasteiger partial charge >= 0.3 is 0 Å². The quantitative estimate of drug-likeness (QED) is 0.794. The molecule has 1 fully saturated rings. The molecule has 1 aliphatic carbocycles. The molecular formula is C14H20F2N2O. The second-order valence-corrected chi connectivity index (χ2v) is 5.09. The molecule has 0 bridgehead atoms. The fourth-order valence-corrected chi connectivity index (χ4v) is 2.31. The maximum absolute atomic E-state index is 13.1. The lowest BCUT2D eigenvalue weighted by atomic mass is 10.0. The molecule has 2 rings (SSSR count).